The smallest absolute Gasteiger partial charge is 0.309 e. The summed E-state index contributed by atoms with van der Waals surface area (Å²) >= 11 is 0. The lowest BCUT2D eigenvalue weighted by atomic mass is 10.3. The Kier molecular flexibility index (Phi) is 4.77. The van der Waals surface area contributed by atoms with Crippen molar-refractivity contribution in [3.05, 3.63) is 0 Å². The van der Waals surface area contributed by atoms with E-state index in [9.17, 15) is 4.57 Å². The molecular weight excluding hydrogens is 215 g/mol. The van der Waals surface area contributed by atoms with Crippen LogP contribution in [0.4, 0.5) is 0 Å². The van der Waals surface area contributed by atoms with E-state index in [0.717, 1.165) is 18.7 Å². The molecule has 0 bridgehead atoms. The van der Waals surface area contributed by atoms with Gasteiger partial charge in [-0.1, -0.05) is 0 Å². The molecule has 1 aliphatic heterocycles. The average molecular weight is 234 g/mol. The summed E-state index contributed by atoms with van der Waals surface area (Å²) in [4.78, 5) is 0. The van der Waals surface area contributed by atoms with Crippen molar-refractivity contribution in [2.24, 2.45) is 5.10 Å². The van der Waals surface area contributed by atoms with Gasteiger partial charge in [-0.2, -0.15) is 5.10 Å². The zero-order valence-electron chi connectivity index (χ0n) is 9.60. The van der Waals surface area contributed by atoms with Gasteiger partial charge in [0.2, 0.25) is 0 Å². The van der Waals surface area contributed by atoms with Crippen LogP contribution in [-0.4, -0.2) is 43.7 Å². The summed E-state index contributed by atoms with van der Waals surface area (Å²) in [6.45, 7) is 5.32. The maximum atomic E-state index is 12.1. The SMILES string of the molecule is CCOP(=O)(CC1=NN(C)CC1)OCC. The van der Waals surface area contributed by atoms with Gasteiger partial charge in [-0.25, -0.2) is 0 Å². The molecule has 1 rings (SSSR count). The lowest BCUT2D eigenvalue weighted by molar-refractivity contribution is 0.223. The van der Waals surface area contributed by atoms with E-state index in [4.69, 9.17) is 9.05 Å². The van der Waals surface area contributed by atoms with Gasteiger partial charge in [-0.3, -0.25) is 9.57 Å². The third kappa shape index (κ3) is 3.93. The minimum atomic E-state index is -2.95. The second-order valence-corrected chi connectivity index (χ2v) is 5.46. The number of rotatable bonds is 6. The van der Waals surface area contributed by atoms with E-state index in [1.165, 1.54) is 0 Å². The van der Waals surface area contributed by atoms with Crippen LogP contribution in [0.25, 0.3) is 0 Å². The van der Waals surface area contributed by atoms with Gasteiger partial charge in [0.25, 0.3) is 0 Å². The summed E-state index contributed by atoms with van der Waals surface area (Å²) in [5, 5.41) is 6.10. The molecular formula is C9H19N2O3P. The second kappa shape index (κ2) is 5.64. The van der Waals surface area contributed by atoms with Crippen LogP contribution in [-0.2, 0) is 13.6 Å². The minimum absolute atomic E-state index is 0.318. The van der Waals surface area contributed by atoms with Crippen molar-refractivity contribution in [3.8, 4) is 0 Å². The highest BCUT2D eigenvalue weighted by Crippen LogP contribution is 2.48. The van der Waals surface area contributed by atoms with Crippen LogP contribution in [0.15, 0.2) is 5.10 Å². The van der Waals surface area contributed by atoms with Crippen LogP contribution in [0.1, 0.15) is 20.3 Å². The van der Waals surface area contributed by atoms with Crippen LogP contribution in [0.3, 0.4) is 0 Å². The van der Waals surface area contributed by atoms with E-state index >= 15 is 0 Å². The van der Waals surface area contributed by atoms with Crippen molar-refractivity contribution in [2.45, 2.75) is 20.3 Å². The monoisotopic (exact) mass is 234 g/mol. The normalized spacial score (nSPS) is 17.0. The molecule has 0 saturated carbocycles. The Hall–Kier alpha value is -0.380. The molecule has 1 heterocycles. The van der Waals surface area contributed by atoms with Gasteiger partial charge in [-0.05, 0) is 13.8 Å². The summed E-state index contributed by atoms with van der Waals surface area (Å²) in [7, 11) is -1.05. The van der Waals surface area contributed by atoms with E-state index < -0.39 is 7.60 Å². The minimum Gasteiger partial charge on any atom is -0.309 e. The van der Waals surface area contributed by atoms with Crippen LogP contribution < -0.4 is 0 Å². The molecule has 1 aliphatic rings. The second-order valence-electron chi connectivity index (χ2n) is 3.40. The Labute approximate surface area is 91.0 Å². The van der Waals surface area contributed by atoms with Crippen molar-refractivity contribution in [1.29, 1.82) is 0 Å². The van der Waals surface area contributed by atoms with Gasteiger partial charge in [0.05, 0.1) is 25.1 Å². The number of hydrogen-bond donors (Lipinski definition) is 0. The Morgan fingerprint density at radius 3 is 2.40 bits per heavy atom. The van der Waals surface area contributed by atoms with Crippen molar-refractivity contribution >= 4 is 13.3 Å². The molecule has 0 saturated heterocycles. The van der Waals surface area contributed by atoms with E-state index in [-0.39, 0.29) is 0 Å². The fourth-order valence-corrected chi connectivity index (χ4v) is 3.20. The largest absolute Gasteiger partial charge is 0.336 e. The first-order valence-electron chi connectivity index (χ1n) is 5.25. The lowest BCUT2D eigenvalue weighted by Gasteiger charge is -2.16. The number of hydrazone groups is 1. The van der Waals surface area contributed by atoms with Gasteiger partial charge >= 0.3 is 7.60 Å². The molecule has 0 atom stereocenters. The number of nitrogens with zero attached hydrogens (tertiary/aromatic N) is 2. The van der Waals surface area contributed by atoms with Gasteiger partial charge in [0, 0.05) is 20.0 Å². The standard InChI is InChI=1S/C9H19N2O3P/c1-4-13-15(12,14-5-2)8-9-6-7-11(3)10-9/h4-8H2,1-3H3. The highest BCUT2D eigenvalue weighted by atomic mass is 31.2. The molecule has 0 unspecified atom stereocenters. The first kappa shape index (κ1) is 12.7. The molecule has 0 fully saturated rings. The van der Waals surface area contributed by atoms with Crippen molar-refractivity contribution in [3.63, 3.8) is 0 Å². The molecule has 0 N–H and O–H groups in total. The highest BCUT2D eigenvalue weighted by Gasteiger charge is 2.27. The highest BCUT2D eigenvalue weighted by molar-refractivity contribution is 7.54. The van der Waals surface area contributed by atoms with E-state index in [1.807, 2.05) is 25.9 Å². The number of hydrogen-bond acceptors (Lipinski definition) is 5. The van der Waals surface area contributed by atoms with Crippen LogP contribution in [0, 0.1) is 0 Å². The first-order chi connectivity index (χ1) is 7.09. The maximum absolute atomic E-state index is 12.1. The molecule has 0 aliphatic carbocycles. The molecule has 15 heavy (non-hydrogen) atoms. The fourth-order valence-electron chi connectivity index (χ4n) is 1.49. The first-order valence-corrected chi connectivity index (χ1v) is 6.98. The van der Waals surface area contributed by atoms with Crippen LogP contribution >= 0.6 is 7.60 Å². The van der Waals surface area contributed by atoms with E-state index in [1.54, 1.807) is 0 Å². The van der Waals surface area contributed by atoms with Gasteiger partial charge < -0.3 is 9.05 Å². The summed E-state index contributed by atoms with van der Waals surface area (Å²) < 4.78 is 22.5. The zero-order valence-corrected chi connectivity index (χ0v) is 10.5. The summed E-state index contributed by atoms with van der Waals surface area (Å²) in [5.41, 5.74) is 0.905. The molecule has 88 valence electrons. The summed E-state index contributed by atoms with van der Waals surface area (Å²) in [6.07, 6.45) is 1.17. The predicted molar refractivity (Wildman–Crippen MR) is 60.4 cm³/mol. The Morgan fingerprint density at radius 1 is 1.40 bits per heavy atom. The van der Waals surface area contributed by atoms with Crippen molar-refractivity contribution in [2.75, 3.05) is 33.0 Å². The summed E-state index contributed by atoms with van der Waals surface area (Å²) in [5.74, 6) is 0. The van der Waals surface area contributed by atoms with Gasteiger partial charge in [-0.15, -0.1) is 0 Å². The van der Waals surface area contributed by atoms with E-state index in [2.05, 4.69) is 5.10 Å². The Morgan fingerprint density at radius 2 is 2.00 bits per heavy atom. The van der Waals surface area contributed by atoms with Crippen molar-refractivity contribution < 1.29 is 13.6 Å². The molecule has 0 spiro atoms. The molecule has 0 aromatic rings. The molecule has 0 aromatic carbocycles. The maximum Gasteiger partial charge on any atom is 0.336 e. The third-order valence-corrected chi connectivity index (χ3v) is 4.12. The van der Waals surface area contributed by atoms with Crippen LogP contribution in [0.2, 0.25) is 0 Å². The van der Waals surface area contributed by atoms with E-state index in [0.29, 0.717) is 19.4 Å². The van der Waals surface area contributed by atoms with Crippen LogP contribution in [0.5, 0.6) is 0 Å². The molecule has 5 nitrogen and oxygen atoms in total. The Balaban J connectivity index is 2.58. The average Bonchev–Trinajstić information content (AvgIpc) is 2.51. The van der Waals surface area contributed by atoms with Gasteiger partial charge in [0.1, 0.15) is 0 Å². The predicted octanol–water partition coefficient (Wildman–Crippen LogP) is 1.94. The Bertz CT molecular complexity index is 271. The van der Waals surface area contributed by atoms with Crippen molar-refractivity contribution in [1.82, 2.24) is 5.01 Å². The zero-order chi connectivity index (χ0) is 11.3. The topological polar surface area (TPSA) is 51.1 Å². The summed E-state index contributed by atoms with van der Waals surface area (Å²) in [6, 6.07) is 0. The molecule has 0 aromatic heterocycles. The molecule has 6 heteroatoms. The fraction of sp³-hybridized carbons (Fsp3) is 0.889. The molecule has 0 radical (unpaired) electrons. The lowest BCUT2D eigenvalue weighted by Crippen LogP contribution is -2.08. The molecule has 0 amide bonds. The third-order valence-electron chi connectivity index (χ3n) is 2.06. The quantitative estimate of drug-likeness (QED) is 0.659. The van der Waals surface area contributed by atoms with Gasteiger partial charge in [0.15, 0.2) is 0 Å².